The number of ether oxygens (including phenoxy) is 2. The second kappa shape index (κ2) is 8.69. The number of pyridine rings is 1. The minimum Gasteiger partial charge on any atom is -0.497 e. The molecule has 0 saturated heterocycles. The van der Waals surface area contributed by atoms with Crippen molar-refractivity contribution < 1.29 is 19.1 Å². The van der Waals surface area contributed by atoms with Crippen molar-refractivity contribution in [3.05, 3.63) is 59.3 Å². The molecule has 0 fully saturated rings. The molecule has 24 heavy (non-hydrogen) atoms. The smallest absolute Gasteiger partial charge is 0.331 e. The number of methoxy groups -OCH3 is 1. The van der Waals surface area contributed by atoms with Gasteiger partial charge in [0.05, 0.1) is 12.1 Å². The van der Waals surface area contributed by atoms with E-state index >= 15 is 0 Å². The lowest BCUT2D eigenvalue weighted by molar-refractivity contribution is -0.142. The number of nitrogens with one attached hydrogen (secondary N) is 1. The van der Waals surface area contributed by atoms with E-state index in [1.807, 2.05) is 0 Å². The van der Waals surface area contributed by atoms with Gasteiger partial charge in [-0.2, -0.15) is 0 Å². The molecule has 124 valence electrons. The Bertz CT molecular complexity index is 727. The number of carbonyl (C=O) groups is 2. The molecular weight excluding hydrogens is 332 g/mol. The monoisotopic (exact) mass is 346 g/mol. The first-order valence-corrected chi connectivity index (χ1v) is 7.35. The minimum atomic E-state index is -0.620. The lowest BCUT2D eigenvalue weighted by atomic mass is 10.2. The molecule has 1 aromatic carbocycles. The van der Waals surface area contributed by atoms with Crippen molar-refractivity contribution in [2.45, 2.75) is 0 Å². The fourth-order valence-electron chi connectivity index (χ4n) is 1.69. The zero-order valence-electron chi connectivity index (χ0n) is 12.9. The number of anilines is 1. The van der Waals surface area contributed by atoms with Crippen molar-refractivity contribution in [2.24, 2.45) is 0 Å². The molecule has 1 N–H and O–H groups in total. The van der Waals surface area contributed by atoms with Crippen LogP contribution in [0.2, 0.25) is 5.02 Å². The maximum absolute atomic E-state index is 11.6. The van der Waals surface area contributed by atoms with E-state index in [0.29, 0.717) is 10.8 Å². The Labute approximate surface area is 144 Å². The summed E-state index contributed by atoms with van der Waals surface area (Å²) in [5.74, 6) is -0.0579. The molecule has 6 nitrogen and oxygen atoms in total. The van der Waals surface area contributed by atoms with Crippen LogP contribution >= 0.6 is 11.6 Å². The van der Waals surface area contributed by atoms with Gasteiger partial charge < -0.3 is 14.8 Å². The molecular formula is C17H15ClN2O4. The van der Waals surface area contributed by atoms with Crippen molar-refractivity contribution in [1.29, 1.82) is 0 Å². The summed E-state index contributed by atoms with van der Waals surface area (Å²) in [6.07, 6.45) is 4.23. The van der Waals surface area contributed by atoms with E-state index < -0.39 is 18.5 Å². The average Bonchev–Trinajstić information content (AvgIpc) is 2.60. The van der Waals surface area contributed by atoms with Crippen LogP contribution in [0.15, 0.2) is 48.7 Å². The van der Waals surface area contributed by atoms with Gasteiger partial charge >= 0.3 is 5.97 Å². The normalized spacial score (nSPS) is 10.4. The topological polar surface area (TPSA) is 77.5 Å². The molecule has 0 spiro atoms. The fraction of sp³-hybridized carbons (Fsp3) is 0.118. The maximum Gasteiger partial charge on any atom is 0.331 e. The number of hydrogen-bond donors (Lipinski definition) is 1. The average molecular weight is 347 g/mol. The SMILES string of the molecule is COc1ccc(/C=C/C(=O)OCC(=O)Nc2ccc(Cl)cn2)cc1. The Morgan fingerprint density at radius 2 is 1.96 bits per heavy atom. The molecule has 2 rings (SSSR count). The number of halogens is 1. The molecule has 0 aliphatic heterocycles. The fourth-order valence-corrected chi connectivity index (χ4v) is 1.80. The molecule has 0 saturated carbocycles. The summed E-state index contributed by atoms with van der Waals surface area (Å²) >= 11 is 5.69. The summed E-state index contributed by atoms with van der Waals surface area (Å²) < 4.78 is 9.89. The van der Waals surface area contributed by atoms with E-state index in [9.17, 15) is 9.59 Å². The molecule has 2 aromatic rings. The number of esters is 1. The highest BCUT2D eigenvalue weighted by Gasteiger charge is 2.06. The van der Waals surface area contributed by atoms with E-state index in [4.69, 9.17) is 21.1 Å². The van der Waals surface area contributed by atoms with Crippen molar-refractivity contribution in [2.75, 3.05) is 19.0 Å². The van der Waals surface area contributed by atoms with Crippen molar-refractivity contribution >= 4 is 35.4 Å². The van der Waals surface area contributed by atoms with Crippen molar-refractivity contribution in [1.82, 2.24) is 4.98 Å². The van der Waals surface area contributed by atoms with Gasteiger partial charge in [0.1, 0.15) is 11.6 Å². The summed E-state index contributed by atoms with van der Waals surface area (Å²) in [5, 5.41) is 2.95. The lowest BCUT2D eigenvalue weighted by Gasteiger charge is -2.04. The predicted molar refractivity (Wildman–Crippen MR) is 90.9 cm³/mol. The first-order valence-electron chi connectivity index (χ1n) is 6.97. The van der Waals surface area contributed by atoms with Crippen LogP contribution in [-0.2, 0) is 14.3 Å². The Balaban J connectivity index is 1.78. The van der Waals surface area contributed by atoms with Crippen molar-refractivity contribution in [3.63, 3.8) is 0 Å². The lowest BCUT2D eigenvalue weighted by Crippen LogP contribution is -2.20. The largest absolute Gasteiger partial charge is 0.497 e. The zero-order chi connectivity index (χ0) is 17.4. The van der Waals surface area contributed by atoms with Gasteiger partial charge in [-0.1, -0.05) is 23.7 Å². The highest BCUT2D eigenvalue weighted by Crippen LogP contribution is 2.12. The number of benzene rings is 1. The van der Waals surface area contributed by atoms with E-state index in [1.165, 1.54) is 12.3 Å². The molecule has 0 aliphatic carbocycles. The van der Waals surface area contributed by atoms with Gasteiger partial charge in [0.2, 0.25) is 0 Å². The first-order chi connectivity index (χ1) is 11.6. The van der Waals surface area contributed by atoms with Crippen LogP contribution in [0.25, 0.3) is 6.08 Å². The van der Waals surface area contributed by atoms with Gasteiger partial charge in [0, 0.05) is 12.3 Å². The Morgan fingerprint density at radius 3 is 2.58 bits per heavy atom. The van der Waals surface area contributed by atoms with Crippen LogP contribution < -0.4 is 10.1 Å². The van der Waals surface area contributed by atoms with Gasteiger partial charge in [-0.25, -0.2) is 9.78 Å². The van der Waals surface area contributed by atoms with Gasteiger partial charge in [0.25, 0.3) is 5.91 Å². The number of rotatable bonds is 6. The van der Waals surface area contributed by atoms with Crippen LogP contribution in [0.4, 0.5) is 5.82 Å². The number of aromatic nitrogens is 1. The molecule has 0 unspecified atom stereocenters. The zero-order valence-corrected chi connectivity index (χ0v) is 13.6. The Kier molecular flexibility index (Phi) is 6.33. The van der Waals surface area contributed by atoms with Crippen LogP contribution in [-0.4, -0.2) is 30.6 Å². The van der Waals surface area contributed by atoms with E-state index in [2.05, 4.69) is 10.3 Å². The molecule has 1 aromatic heterocycles. The Hall–Kier alpha value is -2.86. The first kappa shape index (κ1) is 17.5. The van der Waals surface area contributed by atoms with E-state index in [0.717, 1.165) is 11.3 Å². The van der Waals surface area contributed by atoms with E-state index in [1.54, 1.807) is 49.6 Å². The van der Waals surface area contributed by atoms with Crippen LogP contribution in [0.1, 0.15) is 5.56 Å². The third kappa shape index (κ3) is 5.73. The predicted octanol–water partition coefficient (Wildman–Crippen LogP) is 2.94. The molecule has 0 bridgehead atoms. The number of carbonyl (C=O) groups excluding carboxylic acids is 2. The molecule has 1 amide bonds. The third-order valence-electron chi connectivity index (χ3n) is 2.87. The van der Waals surface area contributed by atoms with Gasteiger partial charge in [-0.3, -0.25) is 4.79 Å². The molecule has 7 heteroatoms. The summed E-state index contributed by atoms with van der Waals surface area (Å²) in [4.78, 5) is 27.1. The highest BCUT2D eigenvalue weighted by atomic mass is 35.5. The summed E-state index contributed by atoms with van der Waals surface area (Å²) in [6.45, 7) is -0.407. The highest BCUT2D eigenvalue weighted by molar-refractivity contribution is 6.30. The van der Waals surface area contributed by atoms with Crippen LogP contribution in [0, 0.1) is 0 Å². The minimum absolute atomic E-state index is 0.328. The standard InChI is InChI=1S/C17H15ClN2O4/c1-23-14-6-2-12(3-7-14)4-9-17(22)24-11-16(21)20-15-8-5-13(18)10-19-15/h2-10H,11H2,1H3,(H,19,20,21)/b9-4+. The van der Waals surface area contributed by atoms with E-state index in [-0.39, 0.29) is 0 Å². The summed E-state index contributed by atoms with van der Waals surface area (Å²) in [7, 11) is 1.58. The quantitative estimate of drug-likeness (QED) is 0.642. The molecule has 1 heterocycles. The Morgan fingerprint density at radius 1 is 1.21 bits per heavy atom. The molecule has 0 atom stereocenters. The number of hydrogen-bond acceptors (Lipinski definition) is 5. The second-order valence-corrected chi connectivity index (χ2v) is 5.06. The second-order valence-electron chi connectivity index (χ2n) is 4.62. The van der Waals surface area contributed by atoms with Crippen LogP contribution in [0.3, 0.4) is 0 Å². The number of nitrogens with zero attached hydrogens (tertiary/aromatic N) is 1. The summed E-state index contributed by atoms with van der Waals surface area (Å²) in [6, 6.07) is 10.3. The maximum atomic E-state index is 11.6. The van der Waals surface area contributed by atoms with Gasteiger partial charge in [0.15, 0.2) is 6.61 Å². The van der Waals surface area contributed by atoms with Crippen molar-refractivity contribution in [3.8, 4) is 5.75 Å². The summed E-state index contributed by atoms with van der Waals surface area (Å²) in [5.41, 5.74) is 0.808. The molecule has 0 radical (unpaired) electrons. The van der Waals surface area contributed by atoms with Gasteiger partial charge in [-0.15, -0.1) is 0 Å². The van der Waals surface area contributed by atoms with Gasteiger partial charge in [-0.05, 0) is 35.9 Å². The third-order valence-corrected chi connectivity index (χ3v) is 3.09. The number of amides is 1. The van der Waals surface area contributed by atoms with Crippen LogP contribution in [0.5, 0.6) is 5.75 Å². The molecule has 0 aliphatic rings.